The van der Waals surface area contributed by atoms with Crippen molar-refractivity contribution in [3.05, 3.63) is 88.7 Å². The third-order valence-corrected chi connectivity index (χ3v) is 6.52. The number of pyridine rings is 1. The smallest absolute Gasteiger partial charge is 0.261 e. The number of anilines is 1. The average molecular weight is 455 g/mol. The van der Waals surface area contributed by atoms with Gasteiger partial charge in [0.2, 0.25) is 5.78 Å². The summed E-state index contributed by atoms with van der Waals surface area (Å²) in [5.41, 5.74) is 0.775. The molecule has 0 saturated heterocycles. The molecule has 0 bridgehead atoms. The molecule has 0 aliphatic carbocycles. The SMILES string of the molecule is CCc1cnc2[nH]cc(C(=O)c3c(F)ccc(NS(=O)(=O)c4ccc(C)cc4)c3F)c2c1. The van der Waals surface area contributed by atoms with Gasteiger partial charge in [0.1, 0.15) is 11.5 Å². The van der Waals surface area contributed by atoms with Crippen molar-refractivity contribution in [2.75, 3.05) is 4.72 Å². The fraction of sp³-hybridized carbons (Fsp3) is 0.130. The van der Waals surface area contributed by atoms with Crippen molar-refractivity contribution in [1.29, 1.82) is 0 Å². The van der Waals surface area contributed by atoms with Crippen molar-refractivity contribution in [2.24, 2.45) is 0 Å². The van der Waals surface area contributed by atoms with Crippen molar-refractivity contribution in [1.82, 2.24) is 9.97 Å². The number of nitrogens with one attached hydrogen (secondary N) is 2. The number of benzene rings is 2. The third-order valence-electron chi connectivity index (χ3n) is 5.13. The Morgan fingerprint density at radius 2 is 1.84 bits per heavy atom. The largest absolute Gasteiger partial charge is 0.345 e. The minimum Gasteiger partial charge on any atom is -0.345 e. The number of halogens is 2. The van der Waals surface area contributed by atoms with E-state index in [2.05, 4.69) is 14.7 Å². The Balaban J connectivity index is 1.76. The maximum atomic E-state index is 15.2. The summed E-state index contributed by atoms with van der Waals surface area (Å²) >= 11 is 0. The standard InChI is InChI=1S/C23H19F2N3O3S/c1-3-14-10-16-17(12-27-23(16)26-11-14)22(29)20-18(24)8-9-19(21(20)25)28-32(30,31)15-6-4-13(2)5-7-15/h4-12,28H,3H2,1-2H3,(H,26,27). The molecule has 9 heteroatoms. The van der Waals surface area contributed by atoms with Crippen LogP contribution in [-0.4, -0.2) is 24.2 Å². The quantitative estimate of drug-likeness (QED) is 0.411. The molecule has 2 aromatic carbocycles. The second-order valence-corrected chi connectivity index (χ2v) is 9.01. The number of aromatic nitrogens is 2. The molecule has 0 aliphatic rings. The molecule has 0 spiro atoms. The zero-order chi connectivity index (χ0) is 23.0. The van der Waals surface area contributed by atoms with Crippen molar-refractivity contribution in [3.63, 3.8) is 0 Å². The second-order valence-electron chi connectivity index (χ2n) is 7.33. The van der Waals surface area contributed by atoms with Gasteiger partial charge in [-0.15, -0.1) is 0 Å². The van der Waals surface area contributed by atoms with Gasteiger partial charge in [0.15, 0.2) is 5.82 Å². The maximum Gasteiger partial charge on any atom is 0.261 e. The molecule has 6 nitrogen and oxygen atoms in total. The number of sulfonamides is 1. The number of aromatic amines is 1. The molecule has 164 valence electrons. The zero-order valence-corrected chi connectivity index (χ0v) is 18.1. The van der Waals surface area contributed by atoms with E-state index in [1.807, 2.05) is 6.92 Å². The number of hydrogen-bond donors (Lipinski definition) is 2. The monoisotopic (exact) mass is 455 g/mol. The van der Waals surface area contributed by atoms with Crippen LogP contribution in [0.25, 0.3) is 11.0 Å². The van der Waals surface area contributed by atoms with Gasteiger partial charge in [-0.2, -0.15) is 0 Å². The summed E-state index contributed by atoms with van der Waals surface area (Å²) < 4.78 is 57.1. The highest BCUT2D eigenvalue weighted by Crippen LogP contribution is 2.28. The van der Waals surface area contributed by atoms with E-state index >= 15 is 4.39 Å². The fourth-order valence-electron chi connectivity index (χ4n) is 3.32. The molecular formula is C23H19F2N3O3S. The van der Waals surface area contributed by atoms with Crippen LogP contribution >= 0.6 is 0 Å². The number of fused-ring (bicyclic) bond motifs is 1. The molecule has 32 heavy (non-hydrogen) atoms. The number of nitrogens with zero attached hydrogens (tertiary/aromatic N) is 1. The molecule has 0 saturated carbocycles. The Kier molecular flexibility index (Phi) is 5.52. The van der Waals surface area contributed by atoms with E-state index in [0.29, 0.717) is 17.5 Å². The number of ketones is 1. The van der Waals surface area contributed by atoms with Crippen molar-refractivity contribution in [3.8, 4) is 0 Å². The summed E-state index contributed by atoms with van der Waals surface area (Å²) in [4.78, 5) is 20.0. The highest BCUT2D eigenvalue weighted by molar-refractivity contribution is 7.92. The number of aryl methyl sites for hydroxylation is 2. The molecular weight excluding hydrogens is 436 g/mol. The lowest BCUT2D eigenvalue weighted by Crippen LogP contribution is -2.16. The van der Waals surface area contributed by atoms with E-state index < -0.39 is 38.7 Å². The summed E-state index contributed by atoms with van der Waals surface area (Å²) in [6.45, 7) is 3.71. The molecule has 2 heterocycles. The average Bonchev–Trinajstić information content (AvgIpc) is 3.19. The Morgan fingerprint density at radius 1 is 1.12 bits per heavy atom. The van der Waals surface area contributed by atoms with Gasteiger partial charge < -0.3 is 4.98 Å². The van der Waals surface area contributed by atoms with Gasteiger partial charge in [-0.1, -0.05) is 24.6 Å². The van der Waals surface area contributed by atoms with Gasteiger partial charge in [0, 0.05) is 23.3 Å². The van der Waals surface area contributed by atoms with Gasteiger partial charge in [-0.25, -0.2) is 22.2 Å². The molecule has 0 unspecified atom stereocenters. The van der Waals surface area contributed by atoms with Gasteiger partial charge >= 0.3 is 0 Å². The molecule has 4 rings (SSSR count). The number of rotatable bonds is 6. The lowest BCUT2D eigenvalue weighted by Gasteiger charge is -2.12. The Labute approximate surface area is 183 Å². The minimum atomic E-state index is -4.15. The molecule has 0 fully saturated rings. The number of H-pyrrole nitrogens is 1. The molecule has 0 atom stereocenters. The lowest BCUT2D eigenvalue weighted by molar-refractivity contribution is 0.103. The summed E-state index contributed by atoms with van der Waals surface area (Å²) in [5.74, 6) is -3.31. The van der Waals surface area contributed by atoms with E-state index in [0.717, 1.165) is 23.3 Å². The Morgan fingerprint density at radius 3 is 2.53 bits per heavy atom. The first-order valence-corrected chi connectivity index (χ1v) is 11.3. The molecule has 2 N–H and O–H groups in total. The molecule has 0 radical (unpaired) electrons. The van der Waals surface area contributed by atoms with Crippen LogP contribution in [0.1, 0.15) is 34.0 Å². The first-order valence-electron chi connectivity index (χ1n) is 9.79. The first-order chi connectivity index (χ1) is 15.2. The lowest BCUT2D eigenvalue weighted by atomic mass is 10.0. The van der Waals surface area contributed by atoms with E-state index in [1.165, 1.54) is 18.3 Å². The predicted octanol–water partition coefficient (Wildman–Crippen LogP) is 4.74. The van der Waals surface area contributed by atoms with Crippen LogP contribution in [0.4, 0.5) is 14.5 Å². The maximum absolute atomic E-state index is 15.2. The first kappa shape index (κ1) is 21.6. The molecule has 0 aliphatic heterocycles. The Bertz CT molecular complexity index is 1450. The van der Waals surface area contributed by atoms with Gasteiger partial charge in [0.05, 0.1) is 16.1 Å². The summed E-state index contributed by atoms with van der Waals surface area (Å²) in [6.07, 6.45) is 3.65. The number of carbonyl (C=O) groups excluding carboxylic acids is 1. The number of carbonyl (C=O) groups is 1. The van der Waals surface area contributed by atoms with E-state index in [9.17, 15) is 17.6 Å². The van der Waals surface area contributed by atoms with Crippen molar-refractivity contribution >= 4 is 32.5 Å². The van der Waals surface area contributed by atoms with Crippen molar-refractivity contribution < 1.29 is 22.0 Å². The topological polar surface area (TPSA) is 91.9 Å². The van der Waals surface area contributed by atoms with Gasteiger partial charge in [-0.3, -0.25) is 9.52 Å². The zero-order valence-electron chi connectivity index (χ0n) is 17.2. The van der Waals surface area contributed by atoms with Crippen LogP contribution in [0, 0.1) is 18.6 Å². The normalized spacial score (nSPS) is 11.6. The Hall–Kier alpha value is -3.59. The van der Waals surface area contributed by atoms with E-state index in [4.69, 9.17) is 0 Å². The van der Waals surface area contributed by atoms with Crippen LogP contribution in [-0.2, 0) is 16.4 Å². The highest BCUT2D eigenvalue weighted by Gasteiger charge is 2.26. The van der Waals surface area contributed by atoms with Crippen LogP contribution < -0.4 is 4.72 Å². The van der Waals surface area contributed by atoms with E-state index in [-0.39, 0.29) is 10.5 Å². The van der Waals surface area contributed by atoms with Crippen LogP contribution in [0.2, 0.25) is 0 Å². The summed E-state index contributed by atoms with van der Waals surface area (Å²) in [7, 11) is -4.15. The molecule has 2 aromatic heterocycles. The highest BCUT2D eigenvalue weighted by atomic mass is 32.2. The predicted molar refractivity (Wildman–Crippen MR) is 117 cm³/mol. The third kappa shape index (κ3) is 3.87. The second kappa shape index (κ2) is 8.16. The summed E-state index contributed by atoms with van der Waals surface area (Å²) in [6, 6.07) is 9.46. The van der Waals surface area contributed by atoms with Crippen LogP contribution in [0.15, 0.2) is 59.8 Å². The summed E-state index contributed by atoms with van der Waals surface area (Å²) in [5, 5.41) is 0.429. The van der Waals surface area contributed by atoms with Crippen LogP contribution in [0.3, 0.4) is 0 Å². The van der Waals surface area contributed by atoms with E-state index in [1.54, 1.807) is 31.3 Å². The van der Waals surface area contributed by atoms with Gasteiger partial charge in [-0.05, 0) is 49.2 Å². The van der Waals surface area contributed by atoms with Crippen LogP contribution in [0.5, 0.6) is 0 Å². The number of hydrogen-bond acceptors (Lipinski definition) is 4. The fourth-order valence-corrected chi connectivity index (χ4v) is 4.38. The van der Waals surface area contributed by atoms with Gasteiger partial charge in [0.25, 0.3) is 10.0 Å². The van der Waals surface area contributed by atoms with Crippen molar-refractivity contribution in [2.45, 2.75) is 25.2 Å². The minimum absolute atomic E-state index is 0.0409. The molecule has 4 aromatic rings. The molecule has 0 amide bonds.